The lowest BCUT2D eigenvalue weighted by atomic mass is 10.0. The number of anilines is 1. The van der Waals surface area contributed by atoms with E-state index in [1.165, 1.54) is 0 Å². The maximum absolute atomic E-state index is 11.5. The van der Waals surface area contributed by atoms with Crippen LogP contribution in [-0.4, -0.2) is 16.1 Å². The zero-order valence-electron chi connectivity index (χ0n) is 12.6. The summed E-state index contributed by atoms with van der Waals surface area (Å²) < 4.78 is 5.77. The normalized spacial score (nSPS) is 10.7. The van der Waals surface area contributed by atoms with E-state index in [-0.39, 0.29) is 11.3 Å². The second-order valence-corrected chi connectivity index (χ2v) is 5.10. The average molecular weight is 308 g/mol. The van der Waals surface area contributed by atoms with E-state index < -0.39 is 5.97 Å². The van der Waals surface area contributed by atoms with Gasteiger partial charge in [0.1, 0.15) is 17.1 Å². The van der Waals surface area contributed by atoms with Gasteiger partial charge in [-0.05, 0) is 36.8 Å². The van der Waals surface area contributed by atoms with Gasteiger partial charge in [-0.25, -0.2) is 4.79 Å². The maximum Gasteiger partial charge on any atom is 0.339 e. The molecule has 0 saturated carbocycles. The molecule has 0 unspecified atom stereocenters. The molecule has 23 heavy (non-hydrogen) atoms. The lowest BCUT2D eigenvalue weighted by Crippen LogP contribution is -2.09. The molecule has 2 aromatic carbocycles. The van der Waals surface area contributed by atoms with Gasteiger partial charge < -0.3 is 15.6 Å². The van der Waals surface area contributed by atoms with Crippen LogP contribution in [0.2, 0.25) is 0 Å². The van der Waals surface area contributed by atoms with E-state index in [4.69, 9.17) is 10.5 Å². The van der Waals surface area contributed by atoms with Gasteiger partial charge in [0.25, 0.3) is 0 Å². The van der Waals surface area contributed by atoms with Crippen LogP contribution in [0.4, 0.5) is 5.69 Å². The summed E-state index contributed by atoms with van der Waals surface area (Å²) in [7, 11) is 0. The summed E-state index contributed by atoms with van der Waals surface area (Å²) in [5, 5.41) is 9.97. The molecule has 1 aromatic heterocycles. The number of fused-ring (bicyclic) bond motifs is 1. The van der Waals surface area contributed by atoms with Crippen molar-refractivity contribution in [3.63, 3.8) is 0 Å². The van der Waals surface area contributed by atoms with Crippen molar-refractivity contribution in [2.24, 2.45) is 0 Å². The summed E-state index contributed by atoms with van der Waals surface area (Å²) in [5.41, 5.74) is 7.51. The Kier molecular flexibility index (Phi) is 3.85. The largest absolute Gasteiger partial charge is 0.478 e. The molecular weight excluding hydrogens is 292 g/mol. The number of para-hydroxylation sites is 1. The van der Waals surface area contributed by atoms with Crippen molar-refractivity contribution in [1.29, 1.82) is 0 Å². The molecule has 1 heterocycles. The Morgan fingerprint density at radius 2 is 1.91 bits per heavy atom. The van der Waals surface area contributed by atoms with Crippen LogP contribution in [0.3, 0.4) is 0 Å². The molecular formula is C18H16N2O3. The van der Waals surface area contributed by atoms with Gasteiger partial charge in [0.2, 0.25) is 0 Å². The maximum atomic E-state index is 11.5. The molecule has 0 bridgehead atoms. The Hall–Kier alpha value is -3.08. The molecule has 0 amide bonds. The Morgan fingerprint density at radius 1 is 1.17 bits per heavy atom. The van der Waals surface area contributed by atoms with E-state index in [0.717, 1.165) is 0 Å². The SMILES string of the molecule is CCc1nc2ccc(Oc3ccccc3)cc2c(N)c1C(=O)O. The van der Waals surface area contributed by atoms with Crippen molar-refractivity contribution in [2.45, 2.75) is 13.3 Å². The highest BCUT2D eigenvalue weighted by atomic mass is 16.5. The lowest BCUT2D eigenvalue weighted by molar-refractivity contribution is 0.0696. The summed E-state index contributed by atoms with van der Waals surface area (Å²) in [6, 6.07) is 14.6. The van der Waals surface area contributed by atoms with Crippen LogP contribution in [0.15, 0.2) is 48.5 Å². The second-order valence-electron chi connectivity index (χ2n) is 5.10. The number of nitrogen functional groups attached to an aromatic ring is 1. The first-order valence-corrected chi connectivity index (χ1v) is 7.28. The van der Waals surface area contributed by atoms with E-state index >= 15 is 0 Å². The highest BCUT2D eigenvalue weighted by Gasteiger charge is 2.18. The summed E-state index contributed by atoms with van der Waals surface area (Å²) in [6.07, 6.45) is 0.504. The Bertz CT molecular complexity index is 876. The molecule has 0 fully saturated rings. The summed E-state index contributed by atoms with van der Waals surface area (Å²) in [6.45, 7) is 1.85. The van der Waals surface area contributed by atoms with Gasteiger partial charge in [0.15, 0.2) is 0 Å². The number of nitrogens with zero attached hydrogens (tertiary/aromatic N) is 1. The van der Waals surface area contributed by atoms with Crippen LogP contribution in [-0.2, 0) is 6.42 Å². The van der Waals surface area contributed by atoms with Crippen LogP contribution >= 0.6 is 0 Å². The summed E-state index contributed by atoms with van der Waals surface area (Å²) >= 11 is 0. The van der Waals surface area contributed by atoms with E-state index in [0.29, 0.717) is 34.5 Å². The fraction of sp³-hybridized carbons (Fsp3) is 0.111. The van der Waals surface area contributed by atoms with Gasteiger partial charge in [-0.15, -0.1) is 0 Å². The van der Waals surface area contributed by atoms with E-state index in [2.05, 4.69) is 4.98 Å². The van der Waals surface area contributed by atoms with Crippen molar-refractivity contribution >= 4 is 22.6 Å². The molecule has 5 heteroatoms. The highest BCUT2D eigenvalue weighted by molar-refractivity contribution is 6.04. The monoisotopic (exact) mass is 308 g/mol. The number of benzene rings is 2. The number of aromatic carboxylic acids is 1. The van der Waals surface area contributed by atoms with Crippen LogP contribution < -0.4 is 10.5 Å². The zero-order chi connectivity index (χ0) is 16.4. The van der Waals surface area contributed by atoms with Gasteiger partial charge in [-0.3, -0.25) is 4.98 Å². The molecule has 3 rings (SSSR count). The minimum atomic E-state index is -1.07. The number of nitrogens with two attached hydrogens (primary N) is 1. The topological polar surface area (TPSA) is 85.4 Å². The molecule has 0 spiro atoms. The average Bonchev–Trinajstić information content (AvgIpc) is 2.55. The number of hydrogen-bond donors (Lipinski definition) is 2. The smallest absolute Gasteiger partial charge is 0.339 e. The highest BCUT2D eigenvalue weighted by Crippen LogP contribution is 2.31. The lowest BCUT2D eigenvalue weighted by Gasteiger charge is -2.12. The Labute approximate surface area is 133 Å². The molecule has 5 nitrogen and oxygen atoms in total. The van der Waals surface area contributed by atoms with Gasteiger partial charge in [-0.2, -0.15) is 0 Å². The molecule has 0 aliphatic heterocycles. The second kappa shape index (κ2) is 5.96. The van der Waals surface area contributed by atoms with Gasteiger partial charge in [-0.1, -0.05) is 25.1 Å². The third-order valence-corrected chi connectivity index (χ3v) is 3.60. The first-order valence-electron chi connectivity index (χ1n) is 7.28. The van der Waals surface area contributed by atoms with Crippen LogP contribution in [0.1, 0.15) is 23.0 Å². The zero-order valence-corrected chi connectivity index (χ0v) is 12.6. The van der Waals surface area contributed by atoms with Crippen molar-refractivity contribution < 1.29 is 14.6 Å². The van der Waals surface area contributed by atoms with Crippen molar-refractivity contribution in [3.05, 3.63) is 59.8 Å². The fourth-order valence-corrected chi connectivity index (χ4v) is 2.50. The van der Waals surface area contributed by atoms with Crippen LogP contribution in [0, 0.1) is 0 Å². The van der Waals surface area contributed by atoms with E-state index in [9.17, 15) is 9.90 Å². The molecule has 116 valence electrons. The number of rotatable bonds is 4. The minimum Gasteiger partial charge on any atom is -0.478 e. The number of pyridine rings is 1. The summed E-state index contributed by atoms with van der Waals surface area (Å²) in [4.78, 5) is 15.9. The number of carboxylic acids is 1. The predicted molar refractivity (Wildman–Crippen MR) is 89.0 cm³/mol. The Morgan fingerprint density at radius 3 is 2.57 bits per heavy atom. The standard InChI is InChI=1S/C18H16N2O3/c1-2-14-16(18(21)22)17(19)13-10-12(8-9-15(13)20-14)23-11-6-4-3-5-7-11/h3-10H,2H2,1H3,(H2,19,20)(H,21,22). The number of aryl methyl sites for hydroxylation is 1. The van der Waals surface area contributed by atoms with Gasteiger partial charge in [0.05, 0.1) is 16.9 Å². The predicted octanol–water partition coefficient (Wildman–Crippen LogP) is 3.87. The van der Waals surface area contributed by atoms with Gasteiger partial charge in [0, 0.05) is 5.39 Å². The fourth-order valence-electron chi connectivity index (χ4n) is 2.50. The first-order chi connectivity index (χ1) is 11.1. The van der Waals surface area contributed by atoms with Crippen molar-refractivity contribution in [1.82, 2.24) is 4.98 Å². The minimum absolute atomic E-state index is 0.0665. The van der Waals surface area contributed by atoms with Crippen LogP contribution in [0.25, 0.3) is 10.9 Å². The van der Waals surface area contributed by atoms with Crippen molar-refractivity contribution in [2.75, 3.05) is 5.73 Å². The molecule has 0 saturated heterocycles. The Balaban J connectivity index is 2.12. The summed E-state index contributed by atoms with van der Waals surface area (Å²) in [5.74, 6) is 0.211. The van der Waals surface area contributed by atoms with Crippen LogP contribution in [0.5, 0.6) is 11.5 Å². The molecule has 0 atom stereocenters. The van der Waals surface area contributed by atoms with Crippen molar-refractivity contribution in [3.8, 4) is 11.5 Å². The van der Waals surface area contributed by atoms with E-state index in [1.54, 1.807) is 18.2 Å². The first kappa shape index (κ1) is 14.8. The third-order valence-electron chi connectivity index (χ3n) is 3.60. The molecule has 0 aliphatic rings. The quantitative estimate of drug-likeness (QED) is 0.764. The number of ether oxygens (including phenoxy) is 1. The third kappa shape index (κ3) is 2.81. The van der Waals surface area contributed by atoms with E-state index in [1.807, 2.05) is 37.3 Å². The molecule has 3 aromatic rings. The van der Waals surface area contributed by atoms with Gasteiger partial charge >= 0.3 is 5.97 Å². The number of aromatic nitrogens is 1. The molecule has 0 radical (unpaired) electrons. The number of carbonyl (C=O) groups is 1. The molecule has 3 N–H and O–H groups in total. The molecule has 0 aliphatic carbocycles. The number of carboxylic acid groups (broad SMARTS) is 1. The number of hydrogen-bond acceptors (Lipinski definition) is 4.